The van der Waals surface area contributed by atoms with Crippen molar-refractivity contribution in [2.24, 2.45) is 0 Å². The minimum absolute atomic E-state index is 0.251. The summed E-state index contributed by atoms with van der Waals surface area (Å²) in [6, 6.07) is 7.75. The summed E-state index contributed by atoms with van der Waals surface area (Å²) in [5, 5.41) is 11.9. The molecule has 0 bridgehead atoms. The molecule has 0 atom stereocenters. The average Bonchev–Trinajstić information content (AvgIpc) is 2.51. The largest absolute Gasteiger partial charge is 0.374 e. The Morgan fingerprint density at radius 1 is 1.29 bits per heavy atom. The minimum Gasteiger partial charge on any atom is -0.374 e. The number of anilines is 1. The van der Waals surface area contributed by atoms with Gasteiger partial charge in [-0.1, -0.05) is 0 Å². The number of hydrogen-bond acceptors (Lipinski definition) is 5. The Balaban J connectivity index is 2.47. The zero-order valence-corrected chi connectivity index (χ0v) is 11.9. The molecule has 1 aromatic carbocycles. The molecule has 0 aliphatic carbocycles. The zero-order chi connectivity index (χ0) is 15.2. The van der Waals surface area contributed by atoms with Crippen LogP contribution in [0, 0.1) is 17.1 Å². The van der Waals surface area contributed by atoms with Gasteiger partial charge in [0.05, 0.1) is 17.3 Å². The molecule has 1 heterocycles. The quantitative estimate of drug-likeness (QED) is 0.915. The van der Waals surface area contributed by atoms with E-state index in [2.05, 4.69) is 15.3 Å². The van der Waals surface area contributed by atoms with Crippen molar-refractivity contribution in [2.75, 3.05) is 19.0 Å². The van der Waals surface area contributed by atoms with Crippen molar-refractivity contribution in [3.63, 3.8) is 0 Å². The van der Waals surface area contributed by atoms with E-state index in [4.69, 9.17) is 10.00 Å². The Morgan fingerprint density at radius 2 is 2.10 bits per heavy atom. The summed E-state index contributed by atoms with van der Waals surface area (Å²) in [5.74, 6) is 0.638. The van der Waals surface area contributed by atoms with E-state index in [0.29, 0.717) is 29.5 Å². The molecule has 5 nitrogen and oxygen atoms in total. The van der Waals surface area contributed by atoms with Crippen molar-refractivity contribution in [3.8, 4) is 17.3 Å². The van der Waals surface area contributed by atoms with E-state index in [0.717, 1.165) is 0 Å². The summed E-state index contributed by atoms with van der Waals surface area (Å²) in [6.45, 7) is 2.72. The lowest BCUT2D eigenvalue weighted by Gasteiger charge is -2.08. The van der Waals surface area contributed by atoms with E-state index < -0.39 is 5.82 Å². The number of nitrogens with one attached hydrogen (secondary N) is 1. The lowest BCUT2D eigenvalue weighted by atomic mass is 10.1. The lowest BCUT2D eigenvalue weighted by molar-refractivity contribution is 0.128. The Labute approximate surface area is 122 Å². The summed E-state index contributed by atoms with van der Waals surface area (Å²) in [5.41, 5.74) is 1.32. The van der Waals surface area contributed by atoms with Crippen LogP contribution in [0.1, 0.15) is 18.3 Å². The number of nitrogens with zero attached hydrogens (tertiary/aromatic N) is 3. The second kappa shape index (κ2) is 6.77. The molecule has 0 aliphatic heterocycles. The molecule has 0 amide bonds. The fraction of sp³-hybridized carbons (Fsp3) is 0.267. The molecule has 1 N–H and O–H groups in total. The van der Waals surface area contributed by atoms with E-state index >= 15 is 0 Å². The zero-order valence-electron chi connectivity index (χ0n) is 11.9. The molecule has 2 rings (SSSR count). The molecule has 0 fully saturated rings. The number of ether oxygens (including phenoxy) is 1. The van der Waals surface area contributed by atoms with Crippen LogP contribution in [0.25, 0.3) is 11.3 Å². The Bertz CT molecular complexity index is 682. The van der Waals surface area contributed by atoms with Crippen LogP contribution in [-0.2, 0) is 11.3 Å². The van der Waals surface area contributed by atoms with Crippen LogP contribution in [0.15, 0.2) is 24.3 Å². The van der Waals surface area contributed by atoms with Crippen LogP contribution < -0.4 is 5.32 Å². The Hall–Kier alpha value is -2.52. The Kier molecular flexibility index (Phi) is 4.80. The summed E-state index contributed by atoms with van der Waals surface area (Å²) in [7, 11) is 1.74. The van der Waals surface area contributed by atoms with Gasteiger partial charge in [0, 0.05) is 25.3 Å². The number of benzene rings is 1. The van der Waals surface area contributed by atoms with Gasteiger partial charge in [0.1, 0.15) is 18.2 Å². The highest BCUT2D eigenvalue weighted by Gasteiger charge is 2.09. The van der Waals surface area contributed by atoms with Gasteiger partial charge in [0.15, 0.2) is 5.82 Å². The van der Waals surface area contributed by atoms with Crippen LogP contribution >= 0.6 is 0 Å². The smallest absolute Gasteiger partial charge is 0.157 e. The van der Waals surface area contributed by atoms with Gasteiger partial charge >= 0.3 is 0 Å². The molecule has 2 aromatic rings. The molecule has 108 valence electrons. The summed E-state index contributed by atoms with van der Waals surface area (Å²) >= 11 is 0. The van der Waals surface area contributed by atoms with Crippen LogP contribution in [0.2, 0.25) is 0 Å². The SMILES string of the molecule is CCOCc1nc(NC)cc(-c2cc(F)cc(C#N)c2)n1. The first kappa shape index (κ1) is 14.9. The van der Waals surface area contributed by atoms with Gasteiger partial charge in [-0.2, -0.15) is 5.26 Å². The van der Waals surface area contributed by atoms with E-state index in [1.165, 1.54) is 12.1 Å². The van der Waals surface area contributed by atoms with Gasteiger partial charge in [-0.25, -0.2) is 14.4 Å². The van der Waals surface area contributed by atoms with Gasteiger partial charge in [-0.15, -0.1) is 0 Å². The third-order valence-electron chi connectivity index (χ3n) is 2.79. The normalized spacial score (nSPS) is 10.2. The standard InChI is InChI=1S/C15H15FN4O/c1-3-21-9-15-19-13(7-14(18-2)20-15)11-4-10(8-17)5-12(16)6-11/h4-7H,3,9H2,1-2H3,(H,18,19,20). The molecule has 21 heavy (non-hydrogen) atoms. The molecule has 0 radical (unpaired) electrons. The fourth-order valence-electron chi connectivity index (χ4n) is 1.83. The van der Waals surface area contributed by atoms with Gasteiger partial charge in [0.25, 0.3) is 0 Å². The van der Waals surface area contributed by atoms with Crippen molar-refractivity contribution < 1.29 is 9.13 Å². The summed E-state index contributed by atoms with van der Waals surface area (Å²) < 4.78 is 18.9. The van der Waals surface area contributed by atoms with Crippen molar-refractivity contribution in [2.45, 2.75) is 13.5 Å². The third kappa shape index (κ3) is 3.74. The van der Waals surface area contributed by atoms with Crippen molar-refractivity contribution in [3.05, 3.63) is 41.5 Å². The van der Waals surface area contributed by atoms with Gasteiger partial charge in [0.2, 0.25) is 0 Å². The monoisotopic (exact) mass is 286 g/mol. The number of aromatic nitrogens is 2. The van der Waals surface area contributed by atoms with Crippen molar-refractivity contribution in [1.29, 1.82) is 5.26 Å². The van der Waals surface area contributed by atoms with E-state index in [1.54, 1.807) is 19.2 Å². The molecule has 0 saturated heterocycles. The fourth-order valence-corrected chi connectivity index (χ4v) is 1.83. The molecular weight excluding hydrogens is 271 g/mol. The van der Waals surface area contributed by atoms with Crippen molar-refractivity contribution in [1.82, 2.24) is 9.97 Å². The second-order valence-electron chi connectivity index (χ2n) is 4.28. The highest BCUT2D eigenvalue weighted by Crippen LogP contribution is 2.22. The summed E-state index contributed by atoms with van der Waals surface area (Å²) in [4.78, 5) is 8.63. The second-order valence-corrected chi connectivity index (χ2v) is 4.28. The first-order chi connectivity index (χ1) is 10.2. The summed E-state index contributed by atoms with van der Waals surface area (Å²) in [6.07, 6.45) is 0. The first-order valence-corrected chi connectivity index (χ1v) is 6.50. The molecule has 6 heteroatoms. The predicted octanol–water partition coefficient (Wildman–Crippen LogP) is 2.73. The predicted molar refractivity (Wildman–Crippen MR) is 77.0 cm³/mol. The number of rotatable bonds is 5. The van der Waals surface area contributed by atoms with E-state index in [9.17, 15) is 4.39 Å². The third-order valence-corrected chi connectivity index (χ3v) is 2.79. The van der Waals surface area contributed by atoms with Gasteiger partial charge in [-0.05, 0) is 25.1 Å². The maximum absolute atomic E-state index is 13.6. The Morgan fingerprint density at radius 3 is 2.76 bits per heavy atom. The molecular formula is C15H15FN4O. The topological polar surface area (TPSA) is 70.8 Å². The highest BCUT2D eigenvalue weighted by molar-refractivity contribution is 5.64. The van der Waals surface area contributed by atoms with Crippen molar-refractivity contribution >= 4 is 5.82 Å². The highest BCUT2D eigenvalue weighted by atomic mass is 19.1. The molecule has 0 unspecified atom stereocenters. The van der Waals surface area contributed by atoms with Crippen LogP contribution in [-0.4, -0.2) is 23.6 Å². The van der Waals surface area contributed by atoms with Crippen LogP contribution in [0.4, 0.5) is 10.2 Å². The molecule has 1 aromatic heterocycles. The van der Waals surface area contributed by atoms with Gasteiger partial charge < -0.3 is 10.1 Å². The maximum Gasteiger partial charge on any atom is 0.157 e. The lowest BCUT2D eigenvalue weighted by Crippen LogP contribution is -2.04. The maximum atomic E-state index is 13.6. The molecule has 0 spiro atoms. The first-order valence-electron chi connectivity index (χ1n) is 6.50. The molecule has 0 aliphatic rings. The van der Waals surface area contributed by atoms with E-state index in [1.807, 2.05) is 13.0 Å². The van der Waals surface area contributed by atoms with Gasteiger partial charge in [-0.3, -0.25) is 0 Å². The van der Waals surface area contributed by atoms with E-state index in [-0.39, 0.29) is 12.2 Å². The van der Waals surface area contributed by atoms with Crippen LogP contribution in [0.3, 0.4) is 0 Å². The average molecular weight is 286 g/mol. The number of halogens is 1. The minimum atomic E-state index is -0.472. The number of hydrogen-bond donors (Lipinski definition) is 1. The number of nitriles is 1. The molecule has 0 saturated carbocycles. The van der Waals surface area contributed by atoms with Crippen LogP contribution in [0.5, 0.6) is 0 Å².